The van der Waals surface area contributed by atoms with Gasteiger partial charge in [0, 0.05) is 17.0 Å². The Bertz CT molecular complexity index is 1510. The van der Waals surface area contributed by atoms with Gasteiger partial charge in [0.05, 0.1) is 17.3 Å². The van der Waals surface area contributed by atoms with Gasteiger partial charge in [-0.15, -0.1) is 0 Å². The zero-order chi connectivity index (χ0) is 61.7. The van der Waals surface area contributed by atoms with Crippen molar-refractivity contribution in [3.05, 3.63) is 0 Å². The Morgan fingerprint density at radius 1 is 0.271 bits per heavy atom. The van der Waals surface area contributed by atoms with Crippen LogP contribution in [0.3, 0.4) is 0 Å². The third kappa shape index (κ3) is 32.8. The van der Waals surface area contributed by atoms with Gasteiger partial charge in [-0.1, -0.05) is 311 Å². The van der Waals surface area contributed by atoms with Gasteiger partial charge in [0.2, 0.25) is 0 Å². The molecule has 3 N–H and O–H groups in total. The molecule has 6 aliphatic heterocycles. The second-order valence-electron chi connectivity index (χ2n) is 28.2. The first-order chi connectivity index (χ1) is 41.4. The number of unbranched alkanes of at least 4 members (excludes halogenated alkanes) is 39. The molecule has 6 rings (SSSR count). The zero-order valence-electron chi connectivity index (χ0n) is 57.7. The smallest absolute Gasteiger partial charge is 0.402 e. The van der Waals surface area contributed by atoms with E-state index in [0.29, 0.717) is 34.3 Å². The predicted octanol–water partition coefficient (Wildman–Crippen LogP) is 22.1. The lowest BCUT2D eigenvalue weighted by atomic mass is 10.0. The normalized spacial score (nSPS) is 27.1. The number of hydrogen-bond donors (Lipinski definition) is 3. The van der Waals surface area contributed by atoms with E-state index in [1.807, 2.05) is 0 Å². The van der Waals surface area contributed by atoms with Crippen molar-refractivity contribution >= 4 is 28.7 Å². The van der Waals surface area contributed by atoms with Crippen molar-refractivity contribution in [1.82, 2.24) is 14.7 Å². The Labute approximate surface area is 530 Å². The first-order valence-corrected chi connectivity index (χ1v) is 44.6. The molecule has 13 heteroatoms. The van der Waals surface area contributed by atoms with Crippen LogP contribution in [-0.4, -0.2) is 129 Å². The quantitative estimate of drug-likeness (QED) is 0.0311. The molecule has 6 fully saturated rings. The number of likely N-dealkylation sites (tertiary alicyclic amines) is 3. The van der Waals surface area contributed by atoms with E-state index >= 15 is 0 Å². The minimum atomic E-state index is -2.17. The lowest BCUT2D eigenvalue weighted by Gasteiger charge is -2.13. The second-order valence-corrected chi connectivity index (χ2v) is 38.8. The summed E-state index contributed by atoms with van der Waals surface area (Å²) in [6.45, 7) is 20.6. The fraction of sp³-hybridized carbons (Fsp3) is 1.00. The summed E-state index contributed by atoms with van der Waals surface area (Å²) in [5, 5.41) is 21.5. The summed E-state index contributed by atoms with van der Waals surface area (Å²) < 4.78 is 39.2. The minimum Gasteiger partial charge on any atom is -0.402 e. The third-order valence-corrected chi connectivity index (χ3v) is 33.0. The summed E-state index contributed by atoms with van der Waals surface area (Å²) in [4.78, 5) is 7.70. The molecule has 0 spiro atoms. The summed E-state index contributed by atoms with van der Waals surface area (Å²) in [5.74, 6) is 1.48. The standard InChI is InChI=1S/3C24H48NOP.BH3O3/c3*1-3-5-6-7-8-9-10-11-12-13-14-15-16-17-20-23-24(27(23,26)4-2)25-21-18-19-22-25;2-1(3)4/h3*23-24H,3-22H2,1-2H3;2-4H. The molecule has 9 nitrogen and oxygen atoms in total. The van der Waals surface area contributed by atoms with Crippen LogP contribution in [0.25, 0.3) is 0 Å². The Hall–Kier alpha value is 0.515. The average Bonchev–Trinajstić information content (AvgIpc) is 1.64. The highest BCUT2D eigenvalue weighted by molar-refractivity contribution is 7.73. The highest BCUT2D eigenvalue weighted by atomic mass is 31.2. The predicted molar refractivity (Wildman–Crippen MR) is 377 cm³/mol. The van der Waals surface area contributed by atoms with E-state index < -0.39 is 28.7 Å². The Morgan fingerprint density at radius 3 is 0.553 bits per heavy atom. The van der Waals surface area contributed by atoms with Crippen LogP contribution in [0.15, 0.2) is 0 Å². The van der Waals surface area contributed by atoms with Crippen molar-refractivity contribution in [2.24, 2.45) is 0 Å². The van der Waals surface area contributed by atoms with Gasteiger partial charge in [-0.2, -0.15) is 0 Å². The molecule has 504 valence electrons. The maximum atomic E-state index is 13.1. The molecule has 0 aromatic heterocycles. The van der Waals surface area contributed by atoms with Crippen LogP contribution in [0.2, 0.25) is 0 Å². The van der Waals surface area contributed by atoms with Gasteiger partial charge < -0.3 is 28.8 Å². The fourth-order valence-electron chi connectivity index (χ4n) is 15.8. The van der Waals surface area contributed by atoms with Crippen molar-refractivity contribution in [3.63, 3.8) is 0 Å². The van der Waals surface area contributed by atoms with E-state index in [2.05, 4.69) is 56.2 Å². The van der Waals surface area contributed by atoms with E-state index in [1.165, 1.54) is 367 Å². The van der Waals surface area contributed by atoms with E-state index in [1.54, 1.807) is 0 Å². The lowest BCUT2D eigenvalue weighted by Crippen LogP contribution is -2.24. The van der Waals surface area contributed by atoms with E-state index in [-0.39, 0.29) is 0 Å². The third-order valence-electron chi connectivity index (χ3n) is 21.4. The van der Waals surface area contributed by atoms with Crippen LogP contribution in [0.5, 0.6) is 0 Å². The van der Waals surface area contributed by atoms with Gasteiger partial charge in [0.15, 0.2) is 0 Å². The Kier molecular flexibility index (Phi) is 47.0. The van der Waals surface area contributed by atoms with Gasteiger partial charge >= 0.3 is 7.32 Å². The lowest BCUT2D eigenvalue weighted by molar-refractivity contribution is 0.278. The van der Waals surface area contributed by atoms with E-state index in [4.69, 9.17) is 15.1 Å². The van der Waals surface area contributed by atoms with E-state index in [9.17, 15) is 13.7 Å². The van der Waals surface area contributed by atoms with Gasteiger partial charge in [0.25, 0.3) is 0 Å². The molecule has 0 aromatic carbocycles. The topological polar surface area (TPSA) is 122 Å². The number of nitrogens with zero attached hydrogens (tertiary/aromatic N) is 3. The largest absolute Gasteiger partial charge is 0.631 e. The first-order valence-electron chi connectivity index (χ1n) is 38.5. The summed E-state index contributed by atoms with van der Waals surface area (Å²) >= 11 is 0. The fourth-order valence-corrected chi connectivity index (χ4v) is 27.4. The first kappa shape index (κ1) is 79.8. The molecule has 0 bridgehead atoms. The number of rotatable bonds is 51. The Balaban J connectivity index is 0.000000323. The maximum absolute atomic E-state index is 13.1. The monoisotopic (exact) mass is 1250 g/mol. The molecule has 0 aliphatic carbocycles. The van der Waals surface area contributed by atoms with Gasteiger partial charge in [0.1, 0.15) is 21.4 Å². The van der Waals surface area contributed by atoms with Crippen molar-refractivity contribution in [2.45, 2.75) is 403 Å². The molecule has 85 heavy (non-hydrogen) atoms. The molecule has 6 heterocycles. The molecule has 6 saturated heterocycles. The highest BCUT2D eigenvalue weighted by Gasteiger charge is 2.63. The van der Waals surface area contributed by atoms with Crippen LogP contribution in [0, 0.1) is 0 Å². The summed E-state index contributed by atoms with van der Waals surface area (Å²) in [7, 11) is -7.65. The molecular weight excluding hydrogens is 1110 g/mol. The Morgan fingerprint density at radius 2 is 0.412 bits per heavy atom. The molecule has 9 unspecified atom stereocenters. The van der Waals surface area contributed by atoms with Crippen LogP contribution in [-0.2, 0) is 13.7 Å². The van der Waals surface area contributed by atoms with Crippen LogP contribution < -0.4 is 0 Å². The number of hydrogen-bond acceptors (Lipinski definition) is 9. The van der Waals surface area contributed by atoms with Crippen molar-refractivity contribution in [1.29, 1.82) is 0 Å². The summed E-state index contributed by atoms with van der Waals surface area (Å²) in [6.07, 6.45) is 74.2. The van der Waals surface area contributed by atoms with Crippen LogP contribution in [0.1, 0.15) is 369 Å². The molecule has 0 radical (unpaired) electrons. The summed E-state index contributed by atoms with van der Waals surface area (Å²) in [5.41, 5.74) is 1.70. The van der Waals surface area contributed by atoms with Crippen molar-refractivity contribution in [2.75, 3.05) is 57.8 Å². The molecule has 0 aromatic rings. The molecule has 0 saturated carbocycles. The maximum Gasteiger partial charge on any atom is 0.631 e. The molecular formula is C72H147BN3O6P3. The van der Waals surface area contributed by atoms with Crippen molar-refractivity contribution < 1.29 is 28.8 Å². The molecule has 0 amide bonds. The van der Waals surface area contributed by atoms with Crippen LogP contribution in [0.4, 0.5) is 0 Å². The zero-order valence-corrected chi connectivity index (χ0v) is 60.4. The molecule has 9 atom stereocenters. The SMILES string of the molecule is CCCCCCCCCCCCCCCCC1C(N2CCCC2)P1(=O)CC.CCCCCCCCCCCCCCCCC1C(N2CCCC2)P1(=O)CC.CCCCCCCCCCCCCCCCC1C(N2CCCC2)P1(=O)CC.OB(O)O. The van der Waals surface area contributed by atoms with E-state index in [0.717, 1.165) is 18.5 Å². The van der Waals surface area contributed by atoms with Crippen LogP contribution >= 0.6 is 21.4 Å². The summed E-state index contributed by atoms with van der Waals surface area (Å²) in [6, 6.07) is 0. The van der Waals surface area contributed by atoms with Crippen molar-refractivity contribution in [3.8, 4) is 0 Å². The highest BCUT2D eigenvalue weighted by Crippen LogP contribution is 2.78. The van der Waals surface area contributed by atoms with Gasteiger partial charge in [-0.3, -0.25) is 14.7 Å². The molecule has 6 aliphatic rings. The average molecular weight is 1250 g/mol. The second kappa shape index (κ2) is 50.1. The van der Waals surface area contributed by atoms with Gasteiger partial charge in [-0.05, 0) is 116 Å². The van der Waals surface area contributed by atoms with Gasteiger partial charge in [-0.25, -0.2) is 0 Å². The minimum absolute atomic E-state index is 0.493.